The second-order valence-electron chi connectivity index (χ2n) is 10.4. The Labute approximate surface area is 233 Å². The molecule has 1 aliphatic carbocycles. The number of allylic oxidation sites excluding steroid dienone is 1. The van der Waals surface area contributed by atoms with E-state index in [-0.39, 0.29) is 19.2 Å². The summed E-state index contributed by atoms with van der Waals surface area (Å²) in [5.74, 6) is 0.776. The largest absolute Gasteiger partial charge is 0.454 e. The number of aryl methyl sites for hydroxylation is 1. The molecule has 2 aromatic heterocycles. The van der Waals surface area contributed by atoms with E-state index in [1.165, 1.54) is 0 Å². The number of nitrogens with zero attached hydrogens (tertiary/aromatic N) is 2. The third kappa shape index (κ3) is 4.66. The second kappa shape index (κ2) is 10.6. The van der Waals surface area contributed by atoms with Crippen molar-refractivity contribution in [3.8, 4) is 11.5 Å². The minimum absolute atomic E-state index is 0.195. The summed E-state index contributed by atoms with van der Waals surface area (Å²) >= 11 is 0. The van der Waals surface area contributed by atoms with Gasteiger partial charge < -0.3 is 18.8 Å². The van der Waals surface area contributed by atoms with E-state index in [0.29, 0.717) is 17.5 Å². The molecule has 40 heavy (non-hydrogen) atoms. The zero-order chi connectivity index (χ0) is 27.8. The van der Waals surface area contributed by atoms with Crippen molar-refractivity contribution in [2.45, 2.75) is 53.0 Å². The van der Waals surface area contributed by atoms with Gasteiger partial charge in [0.05, 0.1) is 16.8 Å². The van der Waals surface area contributed by atoms with Crippen molar-refractivity contribution in [2.75, 3.05) is 13.4 Å². The van der Waals surface area contributed by atoms with E-state index in [4.69, 9.17) is 19.2 Å². The summed E-state index contributed by atoms with van der Waals surface area (Å²) in [5.41, 5.74) is 7.49. The molecule has 0 bridgehead atoms. The van der Waals surface area contributed by atoms with E-state index in [1.807, 2.05) is 62.4 Å². The smallest absolute Gasteiger partial charge is 0.339 e. The summed E-state index contributed by atoms with van der Waals surface area (Å²) in [5, 5.41) is 0.740. The van der Waals surface area contributed by atoms with Crippen LogP contribution in [-0.4, -0.2) is 34.7 Å². The summed E-state index contributed by atoms with van der Waals surface area (Å²) < 4.78 is 18.9. The first-order chi connectivity index (χ1) is 19.4. The van der Waals surface area contributed by atoms with Gasteiger partial charge in [-0.05, 0) is 86.6 Å². The summed E-state index contributed by atoms with van der Waals surface area (Å²) in [6.07, 6.45) is 5.51. The van der Waals surface area contributed by atoms with Crippen LogP contribution in [0.2, 0.25) is 0 Å². The Morgan fingerprint density at radius 2 is 1.88 bits per heavy atom. The lowest BCUT2D eigenvalue weighted by Gasteiger charge is -2.22. The fourth-order valence-electron chi connectivity index (χ4n) is 5.84. The summed E-state index contributed by atoms with van der Waals surface area (Å²) in [4.78, 5) is 31.8. The maximum absolute atomic E-state index is 13.7. The maximum atomic E-state index is 13.7. The van der Waals surface area contributed by atoms with Crippen LogP contribution >= 0.6 is 0 Å². The molecule has 204 valence electrons. The number of aromatic nitrogens is 2. The van der Waals surface area contributed by atoms with Gasteiger partial charge in [0.15, 0.2) is 18.1 Å². The zero-order valence-corrected chi connectivity index (χ0v) is 23.1. The molecule has 0 amide bonds. The number of ether oxygens (including phenoxy) is 3. The molecule has 7 nitrogen and oxygen atoms in total. The zero-order valence-electron chi connectivity index (χ0n) is 23.1. The Morgan fingerprint density at radius 1 is 1.05 bits per heavy atom. The summed E-state index contributed by atoms with van der Waals surface area (Å²) in [6, 6.07) is 15.4. The van der Waals surface area contributed by atoms with Gasteiger partial charge >= 0.3 is 5.97 Å². The minimum Gasteiger partial charge on any atom is -0.454 e. The highest BCUT2D eigenvalue weighted by Crippen LogP contribution is 2.38. The Hall–Kier alpha value is -4.39. The molecule has 4 aromatic rings. The number of para-hydroxylation sites is 1. The van der Waals surface area contributed by atoms with Gasteiger partial charge in [0, 0.05) is 28.9 Å². The van der Waals surface area contributed by atoms with Crippen molar-refractivity contribution in [1.82, 2.24) is 9.55 Å². The van der Waals surface area contributed by atoms with Crippen LogP contribution in [0.15, 0.2) is 48.5 Å². The number of hydrogen-bond acceptors (Lipinski definition) is 6. The highest BCUT2D eigenvalue weighted by atomic mass is 16.7. The first kappa shape index (κ1) is 25.9. The standard InChI is InChI=1S/C33H32N2O5/c1-4-14-35-20(2)15-26(21(35)3)28(36)18-38-33(37)31-24-9-5-6-11-27(24)34-32-23(8-7-10-25(31)32)16-22-12-13-29-30(17-22)40-19-39-29/h5-6,9,11-13,15-17H,4,7-8,10,14,18-19H2,1-3H3/b23-16-. The number of ketones is 1. The first-order valence-electron chi connectivity index (χ1n) is 13.8. The third-order valence-electron chi connectivity index (χ3n) is 7.77. The Bertz CT molecular complexity index is 1680. The van der Waals surface area contributed by atoms with E-state index >= 15 is 0 Å². The van der Waals surface area contributed by atoms with E-state index in [2.05, 4.69) is 17.6 Å². The number of fused-ring (bicyclic) bond motifs is 3. The number of benzene rings is 2. The number of hydrogen-bond donors (Lipinski definition) is 0. The second-order valence-corrected chi connectivity index (χ2v) is 10.4. The minimum atomic E-state index is -0.491. The molecule has 0 radical (unpaired) electrons. The van der Waals surface area contributed by atoms with E-state index in [9.17, 15) is 9.59 Å². The average Bonchev–Trinajstić information content (AvgIpc) is 3.54. The number of esters is 1. The van der Waals surface area contributed by atoms with E-state index < -0.39 is 5.97 Å². The summed E-state index contributed by atoms with van der Waals surface area (Å²) in [7, 11) is 0. The van der Waals surface area contributed by atoms with Crippen molar-refractivity contribution >= 4 is 34.3 Å². The van der Waals surface area contributed by atoms with Crippen LogP contribution in [0.4, 0.5) is 0 Å². The number of carbonyl (C=O) groups is 2. The molecule has 0 spiro atoms. The molecule has 0 N–H and O–H groups in total. The predicted octanol–water partition coefficient (Wildman–Crippen LogP) is 6.71. The molecule has 7 heteroatoms. The van der Waals surface area contributed by atoms with Crippen molar-refractivity contribution in [3.63, 3.8) is 0 Å². The lowest BCUT2D eigenvalue weighted by molar-refractivity contribution is 0.0475. The van der Waals surface area contributed by atoms with Crippen LogP contribution in [0.3, 0.4) is 0 Å². The molecule has 2 aromatic carbocycles. The third-order valence-corrected chi connectivity index (χ3v) is 7.77. The van der Waals surface area contributed by atoms with Crippen molar-refractivity contribution in [2.24, 2.45) is 0 Å². The lowest BCUT2D eigenvalue weighted by atomic mass is 9.86. The number of rotatable bonds is 7. The van der Waals surface area contributed by atoms with E-state index in [1.54, 1.807) is 0 Å². The van der Waals surface area contributed by atoms with Crippen molar-refractivity contribution < 1.29 is 23.8 Å². The van der Waals surface area contributed by atoms with Crippen LogP contribution in [0, 0.1) is 13.8 Å². The Balaban J connectivity index is 1.33. The average molecular weight is 537 g/mol. The van der Waals surface area contributed by atoms with Gasteiger partial charge in [0.2, 0.25) is 12.6 Å². The molecule has 3 heterocycles. The molecule has 2 aliphatic rings. The number of carbonyl (C=O) groups excluding carboxylic acids is 2. The van der Waals surface area contributed by atoms with Gasteiger partial charge in [-0.3, -0.25) is 4.79 Å². The molecule has 0 atom stereocenters. The Kier molecular flexibility index (Phi) is 6.88. The van der Waals surface area contributed by atoms with Crippen LogP contribution < -0.4 is 9.47 Å². The maximum Gasteiger partial charge on any atom is 0.339 e. The monoisotopic (exact) mass is 536 g/mol. The SMILES string of the molecule is CCCn1c(C)cc(C(=O)COC(=O)c2c3c(nc4ccccc24)/C(=C\c2ccc4c(c2)OCO4)CCC3)c1C. The van der Waals surface area contributed by atoms with E-state index in [0.717, 1.165) is 82.0 Å². The van der Waals surface area contributed by atoms with Crippen LogP contribution in [0.25, 0.3) is 22.6 Å². The molecule has 0 saturated carbocycles. The van der Waals surface area contributed by atoms with Gasteiger partial charge in [-0.15, -0.1) is 0 Å². The van der Waals surface area contributed by atoms with Crippen molar-refractivity contribution in [3.05, 3.63) is 87.9 Å². The van der Waals surface area contributed by atoms with Crippen LogP contribution in [-0.2, 0) is 17.7 Å². The number of Topliss-reactive ketones (excluding diaryl/α,β-unsaturated/α-hetero) is 1. The fraction of sp³-hybridized carbons (Fsp3) is 0.303. The fourth-order valence-corrected chi connectivity index (χ4v) is 5.84. The van der Waals surface area contributed by atoms with Gasteiger partial charge in [-0.1, -0.05) is 31.2 Å². The number of pyridine rings is 1. The topological polar surface area (TPSA) is 79.7 Å². The highest BCUT2D eigenvalue weighted by molar-refractivity contribution is 6.08. The predicted molar refractivity (Wildman–Crippen MR) is 154 cm³/mol. The van der Waals surface area contributed by atoms with Gasteiger partial charge in [-0.25, -0.2) is 9.78 Å². The molecule has 1 aliphatic heterocycles. The quantitative estimate of drug-likeness (QED) is 0.193. The molecule has 0 fully saturated rings. The molecule has 6 rings (SSSR count). The van der Waals surface area contributed by atoms with Crippen molar-refractivity contribution in [1.29, 1.82) is 0 Å². The van der Waals surface area contributed by atoms with Crippen LogP contribution in [0.1, 0.15) is 75.1 Å². The van der Waals surface area contributed by atoms with Gasteiger partial charge in [0.1, 0.15) is 0 Å². The van der Waals surface area contributed by atoms with Crippen LogP contribution in [0.5, 0.6) is 11.5 Å². The summed E-state index contributed by atoms with van der Waals surface area (Å²) in [6.45, 7) is 6.82. The lowest BCUT2D eigenvalue weighted by Crippen LogP contribution is -2.19. The molecular weight excluding hydrogens is 504 g/mol. The molecule has 0 saturated heterocycles. The van der Waals surface area contributed by atoms with Gasteiger partial charge in [0.25, 0.3) is 0 Å². The normalized spacial score (nSPS) is 14.9. The first-order valence-corrected chi connectivity index (χ1v) is 13.8. The molecular formula is C33H32N2O5. The Morgan fingerprint density at radius 3 is 2.73 bits per heavy atom. The highest BCUT2D eigenvalue weighted by Gasteiger charge is 2.27. The van der Waals surface area contributed by atoms with Gasteiger partial charge in [-0.2, -0.15) is 0 Å². The molecule has 0 unspecified atom stereocenters.